The van der Waals surface area contributed by atoms with Gasteiger partial charge in [-0.15, -0.1) is 11.3 Å². The summed E-state index contributed by atoms with van der Waals surface area (Å²) in [7, 11) is 1.69. The summed E-state index contributed by atoms with van der Waals surface area (Å²) in [6.07, 6.45) is 2.42. The first-order chi connectivity index (χ1) is 10.1. The molecule has 1 unspecified atom stereocenters. The molecule has 5 nitrogen and oxygen atoms in total. The number of carbonyl (C=O) groups is 1. The van der Waals surface area contributed by atoms with Gasteiger partial charge in [-0.3, -0.25) is 14.2 Å². The van der Waals surface area contributed by atoms with Gasteiger partial charge in [0.2, 0.25) is 5.91 Å². The predicted octanol–water partition coefficient (Wildman–Crippen LogP) is 2.00. The zero-order valence-corrected chi connectivity index (χ0v) is 13.6. The molecular weight excluding hydrogens is 306 g/mol. The van der Waals surface area contributed by atoms with Crippen LogP contribution in [0, 0.1) is 5.92 Å². The molecule has 1 aliphatic rings. The lowest BCUT2D eigenvalue weighted by Crippen LogP contribution is -2.35. The Bertz CT molecular complexity index is 733. The van der Waals surface area contributed by atoms with Crippen LogP contribution >= 0.6 is 23.1 Å². The zero-order chi connectivity index (χ0) is 15.0. The molecule has 1 atom stereocenters. The van der Waals surface area contributed by atoms with Crippen molar-refractivity contribution < 1.29 is 4.79 Å². The Hall–Kier alpha value is -1.34. The normalized spacial score (nSPS) is 16.1. The molecular formula is C14H17N3O2S2. The molecule has 1 aliphatic carbocycles. The Kier molecular flexibility index (Phi) is 4.03. The minimum atomic E-state index is -0.0597. The van der Waals surface area contributed by atoms with E-state index in [-0.39, 0.29) is 23.3 Å². The maximum absolute atomic E-state index is 12.1. The maximum Gasteiger partial charge on any atom is 0.262 e. The second-order valence-corrected chi connectivity index (χ2v) is 7.22. The summed E-state index contributed by atoms with van der Waals surface area (Å²) >= 11 is 2.75. The van der Waals surface area contributed by atoms with Crippen LogP contribution in [-0.2, 0) is 11.8 Å². The number of hydrogen-bond acceptors (Lipinski definition) is 5. The highest BCUT2D eigenvalue weighted by molar-refractivity contribution is 7.99. The third-order valence-electron chi connectivity index (χ3n) is 3.71. The van der Waals surface area contributed by atoms with Gasteiger partial charge in [0.25, 0.3) is 5.56 Å². The quantitative estimate of drug-likeness (QED) is 0.675. The summed E-state index contributed by atoms with van der Waals surface area (Å²) in [4.78, 5) is 29.3. The van der Waals surface area contributed by atoms with Crippen molar-refractivity contribution in [2.75, 3.05) is 5.75 Å². The second-order valence-electron chi connectivity index (χ2n) is 5.38. The number of carbonyl (C=O) groups excluding carboxylic acids is 1. The van der Waals surface area contributed by atoms with Gasteiger partial charge >= 0.3 is 0 Å². The third-order valence-corrected chi connectivity index (χ3v) is 5.55. The van der Waals surface area contributed by atoms with Gasteiger partial charge in [0.15, 0.2) is 5.16 Å². The van der Waals surface area contributed by atoms with E-state index in [2.05, 4.69) is 10.3 Å². The summed E-state index contributed by atoms with van der Waals surface area (Å²) in [5, 5.41) is 6.09. The summed E-state index contributed by atoms with van der Waals surface area (Å²) in [6.45, 7) is 2.05. The summed E-state index contributed by atoms with van der Waals surface area (Å²) in [5.74, 6) is 0.928. The van der Waals surface area contributed by atoms with Crippen molar-refractivity contribution in [1.82, 2.24) is 14.9 Å². The molecule has 3 rings (SSSR count). The van der Waals surface area contributed by atoms with Crippen molar-refractivity contribution in [2.45, 2.75) is 31.0 Å². The smallest absolute Gasteiger partial charge is 0.262 e. The summed E-state index contributed by atoms with van der Waals surface area (Å²) < 4.78 is 1.51. The number of nitrogens with one attached hydrogen (secondary N) is 1. The molecule has 7 heteroatoms. The molecule has 2 aromatic rings. The fraction of sp³-hybridized carbons (Fsp3) is 0.500. The average Bonchev–Trinajstić information content (AvgIpc) is 3.20. The van der Waals surface area contributed by atoms with Gasteiger partial charge in [0.05, 0.1) is 11.1 Å². The summed E-state index contributed by atoms with van der Waals surface area (Å²) in [5.41, 5.74) is -0.0597. The molecule has 0 radical (unpaired) electrons. The number of thioether (sulfide) groups is 1. The SMILES string of the molecule is CC(NC(=O)CSc1nc2sccc2c(=O)n1C)C1CC1. The van der Waals surface area contributed by atoms with E-state index in [4.69, 9.17) is 0 Å². The van der Waals surface area contributed by atoms with Crippen LogP contribution in [0.25, 0.3) is 10.2 Å². The van der Waals surface area contributed by atoms with Gasteiger partial charge in [-0.1, -0.05) is 11.8 Å². The molecule has 1 saturated carbocycles. The molecule has 1 amide bonds. The van der Waals surface area contributed by atoms with E-state index in [9.17, 15) is 9.59 Å². The van der Waals surface area contributed by atoms with E-state index in [0.717, 1.165) is 4.83 Å². The lowest BCUT2D eigenvalue weighted by atomic mass is 10.2. The zero-order valence-electron chi connectivity index (χ0n) is 12.0. The Labute approximate surface area is 130 Å². The van der Waals surface area contributed by atoms with Crippen molar-refractivity contribution >= 4 is 39.2 Å². The van der Waals surface area contributed by atoms with E-state index in [0.29, 0.717) is 16.5 Å². The highest BCUT2D eigenvalue weighted by Gasteiger charge is 2.28. The first kappa shape index (κ1) is 14.6. The monoisotopic (exact) mass is 323 g/mol. The van der Waals surface area contributed by atoms with E-state index in [1.54, 1.807) is 13.1 Å². The van der Waals surface area contributed by atoms with E-state index >= 15 is 0 Å². The highest BCUT2D eigenvalue weighted by atomic mass is 32.2. The Morgan fingerprint density at radius 3 is 3.10 bits per heavy atom. The standard InChI is InChI=1S/C14H17N3O2S2/c1-8(9-3-4-9)15-11(18)7-21-14-16-12-10(5-6-20-12)13(19)17(14)2/h5-6,8-9H,3-4,7H2,1-2H3,(H,15,18). The minimum absolute atomic E-state index is 0.0000690. The molecule has 1 fully saturated rings. The van der Waals surface area contributed by atoms with Crippen LogP contribution in [0.3, 0.4) is 0 Å². The lowest BCUT2D eigenvalue weighted by Gasteiger charge is -2.12. The average molecular weight is 323 g/mol. The number of hydrogen-bond donors (Lipinski definition) is 1. The van der Waals surface area contributed by atoms with Gasteiger partial charge in [0.1, 0.15) is 4.83 Å². The number of fused-ring (bicyclic) bond motifs is 1. The van der Waals surface area contributed by atoms with Gasteiger partial charge < -0.3 is 5.32 Å². The van der Waals surface area contributed by atoms with Crippen LogP contribution in [0.2, 0.25) is 0 Å². The largest absolute Gasteiger partial charge is 0.353 e. The van der Waals surface area contributed by atoms with E-state index in [1.165, 1.54) is 40.5 Å². The molecule has 0 bridgehead atoms. The fourth-order valence-corrected chi connectivity index (χ4v) is 3.84. The van der Waals surface area contributed by atoms with Crippen molar-refractivity contribution in [2.24, 2.45) is 13.0 Å². The molecule has 0 aromatic carbocycles. The molecule has 1 N–H and O–H groups in total. The van der Waals surface area contributed by atoms with Gasteiger partial charge in [0, 0.05) is 13.1 Å². The molecule has 2 aromatic heterocycles. The number of aromatic nitrogens is 2. The highest BCUT2D eigenvalue weighted by Crippen LogP contribution is 2.32. The number of nitrogens with zero attached hydrogens (tertiary/aromatic N) is 2. The Morgan fingerprint density at radius 2 is 2.38 bits per heavy atom. The molecule has 21 heavy (non-hydrogen) atoms. The van der Waals surface area contributed by atoms with Gasteiger partial charge in [-0.05, 0) is 37.1 Å². The van der Waals surface area contributed by atoms with Crippen LogP contribution < -0.4 is 10.9 Å². The third kappa shape index (κ3) is 3.13. The van der Waals surface area contributed by atoms with Gasteiger partial charge in [-0.2, -0.15) is 0 Å². The summed E-state index contributed by atoms with van der Waals surface area (Å²) in [6, 6.07) is 2.03. The topological polar surface area (TPSA) is 64.0 Å². The fourth-order valence-electron chi connectivity index (χ4n) is 2.25. The van der Waals surface area contributed by atoms with Crippen molar-refractivity contribution in [1.29, 1.82) is 0 Å². The van der Waals surface area contributed by atoms with Crippen molar-refractivity contribution in [3.63, 3.8) is 0 Å². The van der Waals surface area contributed by atoms with Crippen LogP contribution in [-0.4, -0.2) is 27.3 Å². The molecule has 0 saturated heterocycles. The Morgan fingerprint density at radius 1 is 1.62 bits per heavy atom. The van der Waals surface area contributed by atoms with Crippen LogP contribution in [0.1, 0.15) is 19.8 Å². The van der Waals surface area contributed by atoms with Gasteiger partial charge in [-0.25, -0.2) is 4.98 Å². The first-order valence-corrected chi connectivity index (χ1v) is 8.79. The molecule has 112 valence electrons. The van der Waals surface area contributed by atoms with Crippen molar-refractivity contribution in [3.8, 4) is 0 Å². The van der Waals surface area contributed by atoms with Crippen LogP contribution in [0.4, 0.5) is 0 Å². The first-order valence-electron chi connectivity index (χ1n) is 6.92. The molecule has 2 heterocycles. The van der Waals surface area contributed by atoms with E-state index < -0.39 is 0 Å². The number of thiophene rings is 1. The van der Waals surface area contributed by atoms with Crippen molar-refractivity contribution in [3.05, 3.63) is 21.8 Å². The Balaban J connectivity index is 1.68. The number of rotatable bonds is 5. The second kappa shape index (κ2) is 5.81. The minimum Gasteiger partial charge on any atom is -0.353 e. The lowest BCUT2D eigenvalue weighted by molar-refractivity contribution is -0.119. The van der Waals surface area contributed by atoms with Crippen LogP contribution in [0.15, 0.2) is 21.4 Å². The van der Waals surface area contributed by atoms with E-state index in [1.807, 2.05) is 12.3 Å². The van der Waals surface area contributed by atoms with Crippen LogP contribution in [0.5, 0.6) is 0 Å². The molecule has 0 aliphatic heterocycles. The number of amides is 1. The predicted molar refractivity (Wildman–Crippen MR) is 85.9 cm³/mol. The molecule has 0 spiro atoms. The maximum atomic E-state index is 12.1.